The van der Waals surface area contributed by atoms with E-state index in [0.29, 0.717) is 38.6 Å². The van der Waals surface area contributed by atoms with E-state index < -0.39 is 0 Å². The van der Waals surface area contributed by atoms with Gasteiger partial charge in [0.1, 0.15) is 5.82 Å². The third-order valence-corrected chi connectivity index (χ3v) is 5.15. The van der Waals surface area contributed by atoms with Crippen LogP contribution in [0.25, 0.3) is 0 Å². The van der Waals surface area contributed by atoms with Gasteiger partial charge in [0.05, 0.1) is 6.54 Å². The predicted octanol–water partition coefficient (Wildman–Crippen LogP) is 2.16. The Bertz CT molecular complexity index is 643. The van der Waals surface area contributed by atoms with Crippen molar-refractivity contribution < 1.29 is 14.0 Å². The number of hydrogen-bond acceptors (Lipinski definition) is 3. The molecule has 142 valence electrons. The quantitative estimate of drug-likeness (QED) is 0.845. The number of amides is 2. The van der Waals surface area contributed by atoms with Crippen LogP contribution in [0.2, 0.25) is 0 Å². The Hall–Kier alpha value is -1.95. The highest BCUT2D eigenvalue weighted by Gasteiger charge is 2.33. The Morgan fingerprint density at radius 2 is 1.96 bits per heavy atom. The molecule has 1 aliphatic carbocycles. The van der Waals surface area contributed by atoms with E-state index in [9.17, 15) is 14.0 Å². The second-order valence-corrected chi connectivity index (χ2v) is 7.79. The Labute approximate surface area is 154 Å². The molecule has 0 spiro atoms. The van der Waals surface area contributed by atoms with Crippen molar-refractivity contribution in [3.05, 3.63) is 35.6 Å². The number of carbonyl (C=O) groups excluding carboxylic acids is 2. The van der Waals surface area contributed by atoms with Gasteiger partial charge in [0.25, 0.3) is 0 Å². The first-order valence-corrected chi connectivity index (χ1v) is 9.48. The van der Waals surface area contributed by atoms with Crippen LogP contribution in [0.1, 0.15) is 38.7 Å². The highest BCUT2D eigenvalue weighted by Crippen LogP contribution is 2.22. The minimum absolute atomic E-state index is 0.0313. The minimum atomic E-state index is -0.274. The lowest BCUT2D eigenvalue weighted by Gasteiger charge is -2.34. The van der Waals surface area contributed by atoms with Crippen molar-refractivity contribution in [1.82, 2.24) is 15.1 Å². The first kappa shape index (κ1) is 18.8. The van der Waals surface area contributed by atoms with Crippen molar-refractivity contribution >= 4 is 11.8 Å². The molecule has 1 saturated heterocycles. The summed E-state index contributed by atoms with van der Waals surface area (Å²) >= 11 is 0. The van der Waals surface area contributed by atoms with Crippen molar-refractivity contribution in [2.45, 2.75) is 51.7 Å². The SMILES string of the molecule is CC(C)C1CN(CC(=O)NC2CC2)CCC(=O)N1Cc1ccc(F)cc1. The Balaban J connectivity index is 1.68. The smallest absolute Gasteiger partial charge is 0.234 e. The van der Waals surface area contributed by atoms with Crippen molar-refractivity contribution in [2.24, 2.45) is 5.92 Å². The van der Waals surface area contributed by atoms with E-state index in [0.717, 1.165) is 18.4 Å². The van der Waals surface area contributed by atoms with Gasteiger partial charge in [-0.3, -0.25) is 14.5 Å². The second kappa shape index (κ2) is 8.16. The van der Waals surface area contributed by atoms with Crippen LogP contribution in [0.5, 0.6) is 0 Å². The van der Waals surface area contributed by atoms with E-state index in [4.69, 9.17) is 0 Å². The fourth-order valence-electron chi connectivity index (χ4n) is 3.45. The van der Waals surface area contributed by atoms with Crippen LogP contribution in [0.3, 0.4) is 0 Å². The zero-order valence-corrected chi connectivity index (χ0v) is 15.6. The van der Waals surface area contributed by atoms with Crippen LogP contribution in [0, 0.1) is 11.7 Å². The molecule has 2 aliphatic rings. The normalized spacial score (nSPS) is 21.8. The van der Waals surface area contributed by atoms with E-state index in [1.807, 2.05) is 4.90 Å². The molecular weight excluding hydrogens is 333 g/mol. The molecule has 1 saturated carbocycles. The van der Waals surface area contributed by atoms with E-state index >= 15 is 0 Å². The molecule has 5 nitrogen and oxygen atoms in total. The van der Waals surface area contributed by atoms with E-state index in [-0.39, 0.29) is 29.6 Å². The number of nitrogens with one attached hydrogen (secondary N) is 1. The number of carbonyl (C=O) groups is 2. The molecule has 6 heteroatoms. The average Bonchev–Trinajstić information content (AvgIpc) is 3.41. The van der Waals surface area contributed by atoms with E-state index in [1.54, 1.807) is 12.1 Å². The van der Waals surface area contributed by atoms with Gasteiger partial charge in [-0.1, -0.05) is 26.0 Å². The molecule has 0 radical (unpaired) electrons. The summed E-state index contributed by atoms with van der Waals surface area (Å²) in [5.74, 6) is 0.142. The number of hydrogen-bond donors (Lipinski definition) is 1. The molecule has 26 heavy (non-hydrogen) atoms. The number of benzene rings is 1. The fourth-order valence-corrected chi connectivity index (χ4v) is 3.45. The lowest BCUT2D eigenvalue weighted by molar-refractivity contribution is -0.134. The van der Waals surface area contributed by atoms with E-state index in [2.05, 4.69) is 24.1 Å². The monoisotopic (exact) mass is 361 g/mol. The third-order valence-electron chi connectivity index (χ3n) is 5.15. The molecule has 1 atom stereocenters. The van der Waals surface area contributed by atoms with E-state index in [1.165, 1.54) is 12.1 Å². The Morgan fingerprint density at radius 1 is 1.27 bits per heavy atom. The maximum absolute atomic E-state index is 13.2. The molecule has 1 unspecified atom stereocenters. The number of nitrogens with zero attached hydrogens (tertiary/aromatic N) is 2. The highest BCUT2D eigenvalue weighted by atomic mass is 19.1. The summed E-state index contributed by atoms with van der Waals surface area (Å²) < 4.78 is 13.2. The van der Waals surface area contributed by atoms with Crippen LogP contribution < -0.4 is 5.32 Å². The molecule has 0 aromatic heterocycles. The maximum Gasteiger partial charge on any atom is 0.234 e. The summed E-state index contributed by atoms with van der Waals surface area (Å²) in [6.45, 7) is 6.30. The highest BCUT2D eigenvalue weighted by molar-refractivity contribution is 5.79. The number of rotatable bonds is 6. The van der Waals surface area contributed by atoms with Gasteiger partial charge in [0.2, 0.25) is 11.8 Å². The van der Waals surface area contributed by atoms with Crippen LogP contribution in [0.15, 0.2) is 24.3 Å². The molecular formula is C20H28FN3O2. The van der Waals surface area contributed by atoms with Gasteiger partial charge >= 0.3 is 0 Å². The van der Waals surface area contributed by atoms with Crippen molar-refractivity contribution in [1.29, 1.82) is 0 Å². The van der Waals surface area contributed by atoms with Gasteiger partial charge in [0, 0.05) is 38.1 Å². The van der Waals surface area contributed by atoms with Crippen molar-refractivity contribution in [3.63, 3.8) is 0 Å². The fraction of sp³-hybridized carbons (Fsp3) is 0.600. The summed E-state index contributed by atoms with van der Waals surface area (Å²) in [4.78, 5) is 28.9. The number of halogens is 1. The minimum Gasteiger partial charge on any atom is -0.352 e. The van der Waals surface area contributed by atoms with Crippen molar-refractivity contribution in [2.75, 3.05) is 19.6 Å². The zero-order chi connectivity index (χ0) is 18.7. The molecule has 2 fully saturated rings. The first-order valence-electron chi connectivity index (χ1n) is 9.48. The van der Waals surface area contributed by atoms with Gasteiger partial charge in [-0.15, -0.1) is 0 Å². The van der Waals surface area contributed by atoms with Crippen molar-refractivity contribution in [3.8, 4) is 0 Å². The summed E-state index contributed by atoms with van der Waals surface area (Å²) in [5, 5.41) is 3.02. The Kier molecular flexibility index (Phi) is 5.91. The first-order chi connectivity index (χ1) is 12.4. The maximum atomic E-state index is 13.2. The van der Waals surface area contributed by atoms with Crippen LogP contribution >= 0.6 is 0 Å². The van der Waals surface area contributed by atoms with Gasteiger partial charge in [-0.05, 0) is 36.5 Å². The van der Waals surface area contributed by atoms with Gasteiger partial charge in [-0.25, -0.2) is 4.39 Å². The van der Waals surface area contributed by atoms with Gasteiger partial charge in [0.15, 0.2) is 0 Å². The lowest BCUT2D eigenvalue weighted by Crippen LogP contribution is -2.47. The lowest BCUT2D eigenvalue weighted by atomic mass is 10.0. The topological polar surface area (TPSA) is 52.7 Å². The predicted molar refractivity (Wildman–Crippen MR) is 97.8 cm³/mol. The van der Waals surface area contributed by atoms with Crippen LogP contribution in [0.4, 0.5) is 4.39 Å². The summed E-state index contributed by atoms with van der Waals surface area (Å²) in [6.07, 6.45) is 2.55. The largest absolute Gasteiger partial charge is 0.352 e. The Morgan fingerprint density at radius 3 is 2.58 bits per heavy atom. The van der Waals surface area contributed by atoms with Gasteiger partial charge < -0.3 is 10.2 Å². The molecule has 0 bridgehead atoms. The molecule has 1 heterocycles. The summed E-state index contributed by atoms with van der Waals surface area (Å²) in [6, 6.07) is 6.70. The molecule has 1 aromatic rings. The molecule has 1 aromatic carbocycles. The zero-order valence-electron chi connectivity index (χ0n) is 15.6. The standard InChI is InChI=1S/C20H28FN3O2/c1-14(2)18-12-23(13-19(25)22-17-7-8-17)10-9-20(26)24(18)11-15-3-5-16(21)6-4-15/h3-6,14,17-18H,7-13H2,1-2H3,(H,22,25). The van der Waals surface area contributed by atoms with Gasteiger partial charge in [-0.2, -0.15) is 0 Å². The van der Waals surface area contributed by atoms with Crippen LogP contribution in [-0.2, 0) is 16.1 Å². The summed E-state index contributed by atoms with van der Waals surface area (Å²) in [5.41, 5.74) is 0.922. The second-order valence-electron chi connectivity index (χ2n) is 7.79. The molecule has 3 rings (SSSR count). The summed E-state index contributed by atoms with van der Waals surface area (Å²) in [7, 11) is 0. The average molecular weight is 361 g/mol. The molecule has 2 amide bonds. The molecule has 1 aliphatic heterocycles. The molecule has 1 N–H and O–H groups in total. The van der Waals surface area contributed by atoms with Crippen LogP contribution in [-0.4, -0.2) is 53.3 Å². The third kappa shape index (κ3) is 5.04.